The highest BCUT2D eigenvalue weighted by molar-refractivity contribution is 6.33. The number of rotatable bonds is 4. The van der Waals surface area contributed by atoms with Crippen LogP contribution in [0, 0.1) is 11.6 Å². The van der Waals surface area contributed by atoms with Gasteiger partial charge in [0.15, 0.2) is 5.82 Å². The molecule has 2 rings (SSSR count). The maximum absolute atomic E-state index is 13.7. The second kappa shape index (κ2) is 6.23. The van der Waals surface area contributed by atoms with Crippen LogP contribution < -0.4 is 5.32 Å². The highest BCUT2D eigenvalue weighted by Gasteiger charge is 2.13. The summed E-state index contributed by atoms with van der Waals surface area (Å²) in [7, 11) is 0. The van der Waals surface area contributed by atoms with E-state index in [0.29, 0.717) is 0 Å². The average molecular weight is 296 g/mol. The Morgan fingerprint density at radius 2 is 1.80 bits per heavy atom. The molecule has 1 unspecified atom stereocenters. The fourth-order valence-electron chi connectivity index (χ4n) is 2.02. The summed E-state index contributed by atoms with van der Waals surface area (Å²) in [5, 5.41) is 3.03. The Kier molecular flexibility index (Phi) is 4.61. The van der Waals surface area contributed by atoms with Crippen LogP contribution in [-0.2, 0) is 6.42 Å². The van der Waals surface area contributed by atoms with E-state index in [1.165, 1.54) is 5.56 Å². The molecule has 0 aliphatic carbocycles. The number of halogens is 3. The molecule has 0 aliphatic heterocycles. The van der Waals surface area contributed by atoms with E-state index in [2.05, 4.69) is 12.2 Å². The van der Waals surface area contributed by atoms with E-state index in [1.807, 2.05) is 31.2 Å². The largest absolute Gasteiger partial charge is 0.375 e. The van der Waals surface area contributed by atoms with Gasteiger partial charge in [-0.3, -0.25) is 0 Å². The van der Waals surface area contributed by atoms with E-state index in [4.69, 9.17) is 11.6 Å². The predicted octanol–water partition coefficient (Wildman–Crippen LogP) is 5.35. The van der Waals surface area contributed by atoms with Gasteiger partial charge in [0.05, 0.1) is 10.7 Å². The fraction of sp³-hybridized carbons (Fsp3) is 0.250. The Balaban J connectivity index is 2.20. The molecular formula is C16H16ClF2N. The number of anilines is 1. The molecule has 2 aromatic rings. The molecule has 4 heteroatoms. The van der Waals surface area contributed by atoms with Crippen LogP contribution >= 0.6 is 11.6 Å². The van der Waals surface area contributed by atoms with Crippen molar-refractivity contribution in [1.82, 2.24) is 0 Å². The van der Waals surface area contributed by atoms with Gasteiger partial charge in [-0.2, -0.15) is 0 Å². The molecule has 0 bridgehead atoms. The number of benzene rings is 2. The van der Waals surface area contributed by atoms with Gasteiger partial charge in [0.25, 0.3) is 0 Å². The summed E-state index contributed by atoms with van der Waals surface area (Å²) in [6.45, 7) is 3.99. The Hall–Kier alpha value is -1.61. The van der Waals surface area contributed by atoms with Crippen molar-refractivity contribution in [3.8, 4) is 0 Å². The zero-order valence-electron chi connectivity index (χ0n) is 11.4. The van der Waals surface area contributed by atoms with E-state index in [-0.39, 0.29) is 16.8 Å². The predicted molar refractivity (Wildman–Crippen MR) is 79.2 cm³/mol. The Labute approximate surface area is 122 Å². The van der Waals surface area contributed by atoms with Gasteiger partial charge in [-0.25, -0.2) is 8.78 Å². The van der Waals surface area contributed by atoms with Gasteiger partial charge in [-0.15, -0.1) is 0 Å². The van der Waals surface area contributed by atoms with Crippen LogP contribution in [-0.4, -0.2) is 0 Å². The first-order chi connectivity index (χ1) is 9.51. The van der Waals surface area contributed by atoms with Crippen molar-refractivity contribution in [2.75, 3.05) is 5.32 Å². The third-order valence-corrected chi connectivity index (χ3v) is 3.55. The molecule has 0 saturated carbocycles. The second-order valence-electron chi connectivity index (χ2n) is 4.71. The Morgan fingerprint density at radius 1 is 1.15 bits per heavy atom. The van der Waals surface area contributed by atoms with Crippen LogP contribution in [0.25, 0.3) is 0 Å². The topological polar surface area (TPSA) is 12.0 Å². The first-order valence-electron chi connectivity index (χ1n) is 6.51. The summed E-state index contributed by atoms with van der Waals surface area (Å²) >= 11 is 5.87. The standard InChI is InChI=1S/C16H16ClF2N/c1-3-11-4-6-12(7-5-11)10(2)20-16-14(17)8-13(18)9-15(16)19/h4-10,20H,3H2,1-2H3. The van der Waals surface area contributed by atoms with Crippen molar-refractivity contribution < 1.29 is 8.78 Å². The van der Waals surface area contributed by atoms with Crippen LogP contribution in [0.3, 0.4) is 0 Å². The molecule has 1 N–H and O–H groups in total. The lowest BCUT2D eigenvalue weighted by Gasteiger charge is -2.17. The van der Waals surface area contributed by atoms with E-state index in [9.17, 15) is 8.78 Å². The minimum atomic E-state index is -0.688. The van der Waals surface area contributed by atoms with Crippen LogP contribution in [0.1, 0.15) is 31.0 Å². The van der Waals surface area contributed by atoms with E-state index >= 15 is 0 Å². The van der Waals surface area contributed by atoms with Crippen molar-refractivity contribution in [2.45, 2.75) is 26.3 Å². The molecule has 0 spiro atoms. The SMILES string of the molecule is CCc1ccc(C(C)Nc2c(F)cc(F)cc2Cl)cc1. The van der Waals surface area contributed by atoms with Crippen molar-refractivity contribution in [3.63, 3.8) is 0 Å². The molecule has 2 aromatic carbocycles. The lowest BCUT2D eigenvalue weighted by molar-refractivity contribution is 0.584. The lowest BCUT2D eigenvalue weighted by atomic mass is 10.0. The summed E-state index contributed by atoms with van der Waals surface area (Å²) in [6, 6.07) is 9.85. The smallest absolute Gasteiger partial charge is 0.150 e. The summed E-state index contributed by atoms with van der Waals surface area (Å²) in [5.74, 6) is -1.37. The number of nitrogens with one attached hydrogen (secondary N) is 1. The van der Waals surface area contributed by atoms with Gasteiger partial charge in [0, 0.05) is 12.1 Å². The first kappa shape index (κ1) is 14.8. The third kappa shape index (κ3) is 3.28. The van der Waals surface area contributed by atoms with Gasteiger partial charge in [0.2, 0.25) is 0 Å². The van der Waals surface area contributed by atoms with E-state index in [0.717, 1.165) is 24.1 Å². The molecule has 0 fully saturated rings. The van der Waals surface area contributed by atoms with Gasteiger partial charge < -0.3 is 5.32 Å². The fourth-order valence-corrected chi connectivity index (χ4v) is 2.27. The summed E-state index contributed by atoms with van der Waals surface area (Å²) in [5.41, 5.74) is 2.38. The van der Waals surface area contributed by atoms with E-state index in [1.54, 1.807) is 0 Å². The average Bonchev–Trinajstić information content (AvgIpc) is 2.42. The molecule has 0 aliphatic rings. The third-order valence-electron chi connectivity index (χ3n) is 3.26. The van der Waals surface area contributed by atoms with E-state index < -0.39 is 11.6 Å². The molecule has 0 radical (unpaired) electrons. The van der Waals surface area contributed by atoms with Crippen molar-refractivity contribution in [2.24, 2.45) is 0 Å². The first-order valence-corrected chi connectivity index (χ1v) is 6.89. The minimum absolute atomic E-state index is 0.0412. The van der Waals surface area contributed by atoms with Crippen molar-refractivity contribution in [1.29, 1.82) is 0 Å². The number of hydrogen-bond donors (Lipinski definition) is 1. The monoisotopic (exact) mass is 295 g/mol. The molecule has 1 nitrogen and oxygen atoms in total. The Morgan fingerprint density at radius 3 is 2.35 bits per heavy atom. The second-order valence-corrected chi connectivity index (χ2v) is 5.11. The maximum atomic E-state index is 13.7. The molecular weight excluding hydrogens is 280 g/mol. The van der Waals surface area contributed by atoms with Crippen molar-refractivity contribution >= 4 is 17.3 Å². The number of aryl methyl sites for hydroxylation is 1. The highest BCUT2D eigenvalue weighted by Crippen LogP contribution is 2.30. The van der Waals surface area contributed by atoms with Crippen molar-refractivity contribution in [3.05, 3.63) is 64.2 Å². The van der Waals surface area contributed by atoms with Gasteiger partial charge >= 0.3 is 0 Å². The van der Waals surface area contributed by atoms with Gasteiger partial charge in [-0.1, -0.05) is 42.8 Å². The minimum Gasteiger partial charge on any atom is -0.375 e. The molecule has 20 heavy (non-hydrogen) atoms. The normalized spacial score (nSPS) is 12.2. The molecule has 0 heterocycles. The van der Waals surface area contributed by atoms with Gasteiger partial charge in [-0.05, 0) is 30.5 Å². The number of hydrogen-bond acceptors (Lipinski definition) is 1. The lowest BCUT2D eigenvalue weighted by Crippen LogP contribution is -2.09. The zero-order valence-corrected chi connectivity index (χ0v) is 12.1. The van der Waals surface area contributed by atoms with Crippen LogP contribution in [0.2, 0.25) is 5.02 Å². The summed E-state index contributed by atoms with van der Waals surface area (Å²) < 4.78 is 26.7. The molecule has 0 amide bonds. The van der Waals surface area contributed by atoms with Crippen LogP contribution in [0.4, 0.5) is 14.5 Å². The molecule has 1 atom stereocenters. The Bertz CT molecular complexity index is 573. The maximum Gasteiger partial charge on any atom is 0.150 e. The van der Waals surface area contributed by atoms with Gasteiger partial charge in [0.1, 0.15) is 5.82 Å². The molecule has 106 valence electrons. The van der Waals surface area contributed by atoms with Crippen LogP contribution in [0.5, 0.6) is 0 Å². The zero-order chi connectivity index (χ0) is 14.7. The molecule has 0 saturated heterocycles. The quantitative estimate of drug-likeness (QED) is 0.801. The summed E-state index contributed by atoms with van der Waals surface area (Å²) in [4.78, 5) is 0. The van der Waals surface area contributed by atoms with Crippen LogP contribution in [0.15, 0.2) is 36.4 Å². The molecule has 0 aromatic heterocycles. The summed E-state index contributed by atoms with van der Waals surface area (Å²) in [6.07, 6.45) is 0.973. The highest BCUT2D eigenvalue weighted by atomic mass is 35.5.